The van der Waals surface area contributed by atoms with Gasteiger partial charge in [-0.05, 0) is 19.5 Å². The molecule has 104 valence electrons. The van der Waals surface area contributed by atoms with Crippen molar-refractivity contribution in [3.8, 4) is 0 Å². The molecular formula is C13H20ClN5. The summed E-state index contributed by atoms with van der Waals surface area (Å²) in [6.07, 6.45) is 4.09. The van der Waals surface area contributed by atoms with Crippen LogP contribution >= 0.6 is 11.6 Å². The Morgan fingerprint density at radius 2 is 2.11 bits per heavy atom. The van der Waals surface area contributed by atoms with Gasteiger partial charge in [-0.25, -0.2) is 9.97 Å². The summed E-state index contributed by atoms with van der Waals surface area (Å²) in [7, 11) is 1.87. The summed E-state index contributed by atoms with van der Waals surface area (Å²) in [5.74, 6) is 0.763. The number of aryl methyl sites for hydroxylation is 1. The maximum absolute atomic E-state index is 6.18. The fourth-order valence-corrected chi connectivity index (χ4v) is 2.26. The molecule has 0 radical (unpaired) electrons. The minimum Gasteiger partial charge on any atom is -0.296 e. The van der Waals surface area contributed by atoms with Crippen LogP contribution in [0.1, 0.15) is 32.5 Å². The van der Waals surface area contributed by atoms with E-state index in [9.17, 15) is 0 Å². The maximum atomic E-state index is 6.18. The molecule has 6 heteroatoms. The molecule has 0 aromatic carbocycles. The fraction of sp³-hybridized carbons (Fsp3) is 0.615. The fourth-order valence-electron chi connectivity index (χ4n) is 2.03. The Labute approximate surface area is 118 Å². The topological polar surface area (TPSA) is 46.8 Å². The van der Waals surface area contributed by atoms with E-state index in [1.54, 1.807) is 10.9 Å². The van der Waals surface area contributed by atoms with E-state index in [-0.39, 0.29) is 0 Å². The molecule has 0 spiro atoms. The van der Waals surface area contributed by atoms with Crippen molar-refractivity contribution in [2.45, 2.75) is 33.2 Å². The lowest BCUT2D eigenvalue weighted by Crippen LogP contribution is -2.25. The van der Waals surface area contributed by atoms with Crippen LogP contribution in [0.2, 0.25) is 5.15 Å². The zero-order valence-electron chi connectivity index (χ0n) is 11.7. The molecule has 5 nitrogen and oxygen atoms in total. The summed E-state index contributed by atoms with van der Waals surface area (Å²) < 4.78 is 1.73. The van der Waals surface area contributed by atoms with Crippen LogP contribution < -0.4 is 0 Å². The van der Waals surface area contributed by atoms with Crippen LogP contribution in [0, 0.1) is 0 Å². The second-order valence-corrected chi connectivity index (χ2v) is 5.02. The number of hydrogen-bond acceptors (Lipinski definition) is 4. The van der Waals surface area contributed by atoms with Crippen molar-refractivity contribution in [1.82, 2.24) is 24.6 Å². The number of halogens is 1. The Hall–Kier alpha value is -1.20. The SMILES string of the molecule is CCCCN(CC)Cc1nc(Cl)c2cnn(C)c2n1. The first-order chi connectivity index (χ1) is 9.15. The van der Waals surface area contributed by atoms with Gasteiger partial charge in [0.15, 0.2) is 5.65 Å². The molecule has 0 atom stereocenters. The molecule has 0 aliphatic carbocycles. The molecule has 2 rings (SSSR count). The third-order valence-electron chi connectivity index (χ3n) is 3.23. The third-order valence-corrected chi connectivity index (χ3v) is 3.52. The average molecular weight is 282 g/mol. The van der Waals surface area contributed by atoms with Crippen molar-refractivity contribution in [3.05, 3.63) is 17.2 Å². The van der Waals surface area contributed by atoms with E-state index in [0.29, 0.717) is 5.15 Å². The van der Waals surface area contributed by atoms with Gasteiger partial charge in [-0.1, -0.05) is 31.9 Å². The molecule has 0 fully saturated rings. The first-order valence-electron chi connectivity index (χ1n) is 6.72. The van der Waals surface area contributed by atoms with E-state index in [1.165, 1.54) is 12.8 Å². The van der Waals surface area contributed by atoms with Crippen molar-refractivity contribution in [3.63, 3.8) is 0 Å². The molecule has 0 amide bonds. The number of nitrogens with zero attached hydrogens (tertiary/aromatic N) is 5. The second-order valence-electron chi connectivity index (χ2n) is 4.66. The molecule has 2 heterocycles. The van der Waals surface area contributed by atoms with Gasteiger partial charge in [-0.15, -0.1) is 0 Å². The normalized spacial score (nSPS) is 11.6. The summed E-state index contributed by atoms with van der Waals surface area (Å²) in [4.78, 5) is 11.3. The van der Waals surface area contributed by atoms with Crippen LogP contribution in [0.5, 0.6) is 0 Å². The highest BCUT2D eigenvalue weighted by Gasteiger charge is 2.12. The van der Waals surface area contributed by atoms with Crippen molar-refractivity contribution < 1.29 is 0 Å². The molecule has 0 saturated heterocycles. The highest BCUT2D eigenvalue weighted by molar-refractivity contribution is 6.33. The van der Waals surface area contributed by atoms with E-state index in [4.69, 9.17) is 11.6 Å². The van der Waals surface area contributed by atoms with Crippen LogP contribution in [0.4, 0.5) is 0 Å². The zero-order valence-corrected chi connectivity index (χ0v) is 12.5. The van der Waals surface area contributed by atoms with E-state index >= 15 is 0 Å². The lowest BCUT2D eigenvalue weighted by Gasteiger charge is -2.19. The van der Waals surface area contributed by atoms with Crippen molar-refractivity contribution in [2.24, 2.45) is 7.05 Å². The summed E-state index contributed by atoms with van der Waals surface area (Å²) in [6.45, 7) is 7.14. The number of aromatic nitrogens is 4. The van der Waals surface area contributed by atoms with Gasteiger partial charge in [0.1, 0.15) is 11.0 Å². The minimum atomic E-state index is 0.486. The predicted octanol–water partition coefficient (Wildman–Crippen LogP) is 2.64. The minimum absolute atomic E-state index is 0.486. The van der Waals surface area contributed by atoms with Gasteiger partial charge < -0.3 is 0 Å². The quantitative estimate of drug-likeness (QED) is 0.764. The Kier molecular flexibility index (Phi) is 4.71. The third kappa shape index (κ3) is 3.22. The Morgan fingerprint density at radius 1 is 1.32 bits per heavy atom. The standard InChI is InChI=1S/C13H20ClN5/c1-4-6-7-19(5-2)9-11-16-12(14)10-8-15-18(3)13(10)17-11/h8H,4-7,9H2,1-3H3. The molecule has 2 aromatic heterocycles. The molecular weight excluding hydrogens is 262 g/mol. The smallest absolute Gasteiger partial charge is 0.162 e. The van der Waals surface area contributed by atoms with E-state index in [1.807, 2.05) is 7.05 Å². The highest BCUT2D eigenvalue weighted by Crippen LogP contribution is 2.19. The molecule has 0 aliphatic heterocycles. The summed E-state index contributed by atoms with van der Waals surface area (Å²) in [6, 6.07) is 0. The van der Waals surface area contributed by atoms with Crippen LogP contribution in [0.3, 0.4) is 0 Å². The predicted molar refractivity (Wildman–Crippen MR) is 77.2 cm³/mol. The molecule has 0 aliphatic rings. The van der Waals surface area contributed by atoms with E-state index in [0.717, 1.165) is 36.5 Å². The van der Waals surface area contributed by atoms with Gasteiger partial charge in [-0.3, -0.25) is 9.58 Å². The monoisotopic (exact) mass is 281 g/mol. The Balaban J connectivity index is 2.22. The first-order valence-corrected chi connectivity index (χ1v) is 7.10. The van der Waals surface area contributed by atoms with Gasteiger partial charge in [0.05, 0.1) is 18.1 Å². The van der Waals surface area contributed by atoms with Crippen molar-refractivity contribution in [2.75, 3.05) is 13.1 Å². The molecule has 0 unspecified atom stereocenters. The van der Waals surface area contributed by atoms with Crippen LogP contribution in [-0.4, -0.2) is 37.7 Å². The summed E-state index contributed by atoms with van der Waals surface area (Å²) in [5, 5.41) is 5.46. The lowest BCUT2D eigenvalue weighted by molar-refractivity contribution is 0.269. The number of fused-ring (bicyclic) bond motifs is 1. The molecule has 0 N–H and O–H groups in total. The average Bonchev–Trinajstić information content (AvgIpc) is 2.77. The Bertz CT molecular complexity index is 551. The maximum Gasteiger partial charge on any atom is 0.162 e. The lowest BCUT2D eigenvalue weighted by atomic mass is 10.3. The molecule has 2 aromatic rings. The number of hydrogen-bond donors (Lipinski definition) is 0. The molecule has 0 saturated carbocycles. The van der Waals surface area contributed by atoms with Crippen LogP contribution in [0.25, 0.3) is 11.0 Å². The van der Waals surface area contributed by atoms with Gasteiger partial charge in [0.2, 0.25) is 0 Å². The van der Waals surface area contributed by atoms with Gasteiger partial charge >= 0.3 is 0 Å². The van der Waals surface area contributed by atoms with Gasteiger partial charge in [-0.2, -0.15) is 5.10 Å². The molecule has 19 heavy (non-hydrogen) atoms. The van der Waals surface area contributed by atoms with Gasteiger partial charge in [0.25, 0.3) is 0 Å². The number of rotatable bonds is 6. The van der Waals surface area contributed by atoms with Crippen LogP contribution in [0.15, 0.2) is 6.20 Å². The van der Waals surface area contributed by atoms with E-state index in [2.05, 4.69) is 33.8 Å². The van der Waals surface area contributed by atoms with Gasteiger partial charge in [0, 0.05) is 7.05 Å². The highest BCUT2D eigenvalue weighted by atomic mass is 35.5. The Morgan fingerprint density at radius 3 is 2.79 bits per heavy atom. The summed E-state index contributed by atoms with van der Waals surface area (Å²) in [5.41, 5.74) is 0.793. The van der Waals surface area contributed by atoms with Crippen molar-refractivity contribution in [1.29, 1.82) is 0 Å². The number of unbranched alkanes of at least 4 members (excludes halogenated alkanes) is 1. The van der Waals surface area contributed by atoms with Crippen molar-refractivity contribution >= 4 is 22.6 Å². The molecule has 0 bridgehead atoms. The second kappa shape index (κ2) is 6.30. The first kappa shape index (κ1) is 14.2. The van der Waals surface area contributed by atoms with E-state index < -0.39 is 0 Å². The largest absolute Gasteiger partial charge is 0.296 e. The summed E-state index contributed by atoms with van der Waals surface area (Å²) >= 11 is 6.18. The van der Waals surface area contributed by atoms with Crippen LogP contribution in [-0.2, 0) is 13.6 Å². The zero-order chi connectivity index (χ0) is 13.8.